The molecule has 1 unspecified atom stereocenters. The molecule has 1 heterocycles. The quantitative estimate of drug-likeness (QED) is 0.765. The minimum atomic E-state index is -4.45. The Kier molecular flexibility index (Phi) is 5.60. The van der Waals surface area contributed by atoms with Crippen molar-refractivity contribution in [2.45, 2.75) is 18.3 Å². The highest BCUT2D eigenvalue weighted by molar-refractivity contribution is 6.30. The van der Waals surface area contributed by atoms with Gasteiger partial charge in [0.2, 0.25) is 0 Å². The average molecular weight is 396 g/mol. The van der Waals surface area contributed by atoms with Crippen molar-refractivity contribution in [1.82, 2.24) is 0 Å². The Balaban J connectivity index is 1.71. The minimum absolute atomic E-state index is 0.0903. The molecule has 1 aliphatic rings. The minimum Gasteiger partial charge on any atom is -0.463 e. The number of hydrogen-bond donors (Lipinski definition) is 2. The van der Waals surface area contributed by atoms with Crippen molar-refractivity contribution in [3.8, 4) is 0 Å². The number of aliphatic imine (C=N–C) groups is 1. The first-order valence-corrected chi connectivity index (χ1v) is 8.52. The van der Waals surface area contributed by atoms with Crippen LogP contribution in [0.5, 0.6) is 0 Å². The molecule has 27 heavy (non-hydrogen) atoms. The summed E-state index contributed by atoms with van der Waals surface area (Å²) >= 11 is 5.76. The first-order chi connectivity index (χ1) is 12.8. The van der Waals surface area contributed by atoms with Crippen molar-refractivity contribution in [3.63, 3.8) is 0 Å². The van der Waals surface area contributed by atoms with E-state index in [1.54, 1.807) is 24.3 Å². The summed E-state index contributed by atoms with van der Waals surface area (Å²) in [5, 5.41) is 2.92. The van der Waals surface area contributed by atoms with E-state index in [0.29, 0.717) is 17.3 Å². The van der Waals surface area contributed by atoms with E-state index in [9.17, 15) is 13.2 Å². The van der Waals surface area contributed by atoms with Gasteiger partial charge in [0.1, 0.15) is 18.7 Å². The number of nitrogens with two attached hydrogens (primary N) is 1. The molecule has 0 fully saturated rings. The molecule has 2 atom stereocenters. The Morgan fingerprint density at radius 1 is 1.15 bits per heavy atom. The second-order valence-corrected chi connectivity index (χ2v) is 6.43. The molecule has 1 aliphatic heterocycles. The molecular formula is C19H17ClF3N3O. The predicted octanol–water partition coefficient (Wildman–Crippen LogP) is 4.78. The fourth-order valence-electron chi connectivity index (χ4n) is 2.60. The van der Waals surface area contributed by atoms with E-state index in [2.05, 4.69) is 10.3 Å². The molecule has 0 aromatic heterocycles. The summed E-state index contributed by atoms with van der Waals surface area (Å²) in [5.41, 5.74) is 6.72. The number of benzene rings is 2. The van der Waals surface area contributed by atoms with Gasteiger partial charge in [-0.25, -0.2) is 4.99 Å². The van der Waals surface area contributed by atoms with Gasteiger partial charge in [-0.15, -0.1) is 0 Å². The number of alkyl halides is 3. The number of halogens is 4. The SMILES string of the molecule is NC1=N[C@@H](C=Cc2ccc(NC(c3ccc(Cl)cc3)C(F)(F)F)cc2)CO1. The van der Waals surface area contributed by atoms with Crippen LogP contribution in [0.4, 0.5) is 18.9 Å². The number of nitrogens with one attached hydrogen (secondary N) is 1. The summed E-state index contributed by atoms with van der Waals surface area (Å²) in [6.07, 6.45) is -0.804. The fourth-order valence-corrected chi connectivity index (χ4v) is 2.72. The fraction of sp³-hybridized carbons (Fsp3) is 0.211. The zero-order valence-corrected chi connectivity index (χ0v) is 14.8. The number of nitrogens with zero attached hydrogens (tertiary/aromatic N) is 1. The largest absolute Gasteiger partial charge is 0.463 e. The third-order valence-electron chi connectivity index (χ3n) is 3.96. The Labute approximate surface area is 159 Å². The third kappa shape index (κ3) is 5.17. The van der Waals surface area contributed by atoms with Crippen LogP contribution >= 0.6 is 11.6 Å². The standard InChI is InChI=1S/C19H17ClF3N3O/c20-14-6-4-13(5-7-14)17(19(21,22)23)25-15-8-1-12(2-9-15)3-10-16-11-27-18(24)26-16/h1-10,16-17,25H,11H2,(H2,24,26)/t16-,17?/m0/s1. The van der Waals surface area contributed by atoms with E-state index in [1.807, 2.05) is 12.2 Å². The molecular weight excluding hydrogens is 379 g/mol. The molecule has 4 nitrogen and oxygen atoms in total. The lowest BCUT2D eigenvalue weighted by atomic mass is 10.1. The van der Waals surface area contributed by atoms with Crippen molar-refractivity contribution >= 4 is 29.4 Å². The number of hydrogen-bond acceptors (Lipinski definition) is 4. The highest BCUT2D eigenvalue weighted by atomic mass is 35.5. The van der Waals surface area contributed by atoms with Gasteiger partial charge in [-0.05, 0) is 35.4 Å². The Bertz CT molecular complexity index is 833. The summed E-state index contributed by atoms with van der Waals surface area (Å²) in [4.78, 5) is 4.07. The number of ether oxygens (including phenoxy) is 1. The molecule has 142 valence electrons. The van der Waals surface area contributed by atoms with Crippen LogP contribution in [0.2, 0.25) is 5.02 Å². The van der Waals surface area contributed by atoms with Crippen molar-refractivity contribution in [3.05, 3.63) is 70.8 Å². The lowest BCUT2D eigenvalue weighted by Crippen LogP contribution is -2.27. The predicted molar refractivity (Wildman–Crippen MR) is 101 cm³/mol. The average Bonchev–Trinajstić information content (AvgIpc) is 3.04. The molecule has 3 N–H and O–H groups in total. The summed E-state index contributed by atoms with van der Waals surface area (Å²) in [6.45, 7) is 0.385. The second kappa shape index (κ2) is 7.92. The van der Waals surface area contributed by atoms with Gasteiger partial charge < -0.3 is 15.8 Å². The molecule has 0 saturated heterocycles. The van der Waals surface area contributed by atoms with Gasteiger partial charge in [-0.3, -0.25) is 0 Å². The molecule has 8 heteroatoms. The van der Waals surface area contributed by atoms with E-state index in [1.165, 1.54) is 24.3 Å². The number of anilines is 1. The molecule has 2 aromatic carbocycles. The monoisotopic (exact) mass is 395 g/mol. The normalized spacial score (nSPS) is 18.2. The first-order valence-electron chi connectivity index (χ1n) is 8.14. The Morgan fingerprint density at radius 3 is 2.37 bits per heavy atom. The van der Waals surface area contributed by atoms with Crippen molar-refractivity contribution < 1.29 is 17.9 Å². The third-order valence-corrected chi connectivity index (χ3v) is 4.21. The molecule has 0 bridgehead atoms. The van der Waals surface area contributed by atoms with Crippen molar-refractivity contribution in [2.75, 3.05) is 11.9 Å². The van der Waals surface area contributed by atoms with Crippen LogP contribution in [0.15, 0.2) is 59.6 Å². The Hall–Kier alpha value is -2.67. The molecule has 0 amide bonds. The summed E-state index contributed by atoms with van der Waals surface area (Å²) in [5.74, 6) is 0. The van der Waals surface area contributed by atoms with E-state index >= 15 is 0 Å². The molecule has 3 rings (SSSR count). The first kappa shape index (κ1) is 19.1. The van der Waals surface area contributed by atoms with Crippen LogP contribution in [-0.2, 0) is 4.74 Å². The topological polar surface area (TPSA) is 59.6 Å². The van der Waals surface area contributed by atoms with Crippen molar-refractivity contribution in [1.29, 1.82) is 0 Å². The zero-order valence-electron chi connectivity index (χ0n) is 14.1. The van der Waals surface area contributed by atoms with Gasteiger partial charge in [0.05, 0.1) is 0 Å². The smallest absolute Gasteiger partial charge is 0.412 e. The van der Waals surface area contributed by atoms with Crippen LogP contribution in [0.25, 0.3) is 6.08 Å². The van der Waals surface area contributed by atoms with Gasteiger partial charge in [0.15, 0.2) is 0 Å². The van der Waals surface area contributed by atoms with Crippen LogP contribution < -0.4 is 11.1 Å². The molecule has 0 aliphatic carbocycles. The maximum Gasteiger partial charge on any atom is 0.412 e. The van der Waals surface area contributed by atoms with E-state index in [4.69, 9.17) is 22.1 Å². The van der Waals surface area contributed by atoms with Gasteiger partial charge in [-0.1, -0.05) is 48.0 Å². The van der Waals surface area contributed by atoms with E-state index in [0.717, 1.165) is 5.56 Å². The van der Waals surface area contributed by atoms with E-state index in [-0.39, 0.29) is 17.6 Å². The van der Waals surface area contributed by atoms with Crippen LogP contribution in [0.1, 0.15) is 17.2 Å². The summed E-state index contributed by atoms with van der Waals surface area (Å²) in [6, 6.07) is 10.4. The summed E-state index contributed by atoms with van der Waals surface area (Å²) < 4.78 is 45.4. The zero-order chi connectivity index (χ0) is 19.4. The number of amidine groups is 1. The Morgan fingerprint density at radius 2 is 1.81 bits per heavy atom. The van der Waals surface area contributed by atoms with Crippen LogP contribution in [0.3, 0.4) is 0 Å². The molecule has 0 radical (unpaired) electrons. The van der Waals surface area contributed by atoms with Gasteiger partial charge in [0.25, 0.3) is 6.02 Å². The maximum absolute atomic E-state index is 13.5. The number of rotatable bonds is 5. The van der Waals surface area contributed by atoms with Crippen LogP contribution in [-0.4, -0.2) is 24.8 Å². The van der Waals surface area contributed by atoms with E-state index < -0.39 is 12.2 Å². The van der Waals surface area contributed by atoms with Crippen LogP contribution in [0, 0.1) is 0 Å². The van der Waals surface area contributed by atoms with Gasteiger partial charge in [-0.2, -0.15) is 13.2 Å². The molecule has 2 aromatic rings. The lowest BCUT2D eigenvalue weighted by Gasteiger charge is -2.23. The molecule has 0 saturated carbocycles. The second-order valence-electron chi connectivity index (χ2n) is 6.00. The van der Waals surface area contributed by atoms with Gasteiger partial charge in [0, 0.05) is 10.7 Å². The van der Waals surface area contributed by atoms with Gasteiger partial charge >= 0.3 is 6.18 Å². The maximum atomic E-state index is 13.5. The highest BCUT2D eigenvalue weighted by Gasteiger charge is 2.40. The summed E-state index contributed by atoms with van der Waals surface area (Å²) in [7, 11) is 0. The molecule has 0 spiro atoms. The highest BCUT2D eigenvalue weighted by Crippen LogP contribution is 2.36. The van der Waals surface area contributed by atoms with Crippen molar-refractivity contribution in [2.24, 2.45) is 10.7 Å². The lowest BCUT2D eigenvalue weighted by molar-refractivity contribution is -0.144.